The second kappa shape index (κ2) is 6.54. The maximum atomic E-state index is 10.6. The molecular formula is C14H26N4O2. The first-order valence-corrected chi connectivity index (χ1v) is 7.47. The minimum absolute atomic E-state index is 0.600. The summed E-state index contributed by atoms with van der Waals surface area (Å²) in [5.41, 5.74) is -0.607. The SMILES string of the molecule is CCCc1nnc(N2CCC[C@@](O)(CN(C)C)CC2)o1. The second-order valence-corrected chi connectivity index (χ2v) is 6.03. The van der Waals surface area contributed by atoms with Gasteiger partial charge in [-0.3, -0.25) is 0 Å². The Hall–Kier alpha value is -1.14. The zero-order chi connectivity index (χ0) is 14.6. The van der Waals surface area contributed by atoms with Gasteiger partial charge in [0.25, 0.3) is 0 Å². The van der Waals surface area contributed by atoms with Gasteiger partial charge in [0.05, 0.1) is 5.60 Å². The van der Waals surface area contributed by atoms with Crippen LogP contribution in [0.5, 0.6) is 0 Å². The first-order chi connectivity index (χ1) is 9.52. The number of nitrogens with zero attached hydrogens (tertiary/aromatic N) is 4. The summed E-state index contributed by atoms with van der Waals surface area (Å²) in [6.07, 6.45) is 4.32. The molecule has 0 radical (unpaired) electrons. The number of hydrogen-bond donors (Lipinski definition) is 1. The third-order valence-electron chi connectivity index (χ3n) is 3.72. The van der Waals surface area contributed by atoms with Gasteiger partial charge in [-0.05, 0) is 39.8 Å². The third kappa shape index (κ3) is 3.93. The standard InChI is InChI=1S/C14H26N4O2/c1-4-6-12-15-16-13(20-12)18-9-5-7-14(19,8-10-18)11-17(2)3/h19H,4-11H2,1-3H3/t14-/m0/s1. The molecule has 2 heterocycles. The molecule has 1 aromatic rings. The predicted octanol–water partition coefficient (Wildman–Crippen LogP) is 1.31. The average Bonchev–Trinajstić information content (AvgIpc) is 2.73. The van der Waals surface area contributed by atoms with E-state index in [0.29, 0.717) is 18.5 Å². The third-order valence-corrected chi connectivity index (χ3v) is 3.72. The number of aromatic nitrogens is 2. The zero-order valence-corrected chi connectivity index (χ0v) is 12.8. The Labute approximate surface area is 120 Å². The highest BCUT2D eigenvalue weighted by molar-refractivity contribution is 5.24. The molecule has 20 heavy (non-hydrogen) atoms. The monoisotopic (exact) mass is 282 g/mol. The fourth-order valence-corrected chi connectivity index (χ4v) is 2.80. The molecule has 0 aromatic carbocycles. The molecule has 2 rings (SSSR count). The van der Waals surface area contributed by atoms with Gasteiger partial charge in [-0.1, -0.05) is 12.0 Å². The van der Waals surface area contributed by atoms with Gasteiger partial charge in [0.2, 0.25) is 5.89 Å². The summed E-state index contributed by atoms with van der Waals surface area (Å²) in [4.78, 5) is 4.14. The molecule has 1 N–H and O–H groups in total. The minimum atomic E-state index is -0.607. The Morgan fingerprint density at radius 1 is 1.30 bits per heavy atom. The molecule has 0 unspecified atom stereocenters. The van der Waals surface area contributed by atoms with Crippen LogP contribution in [-0.4, -0.2) is 59.5 Å². The molecule has 1 aromatic heterocycles. The van der Waals surface area contributed by atoms with Crippen molar-refractivity contribution in [3.63, 3.8) is 0 Å². The van der Waals surface area contributed by atoms with Crippen LogP contribution < -0.4 is 4.90 Å². The summed E-state index contributed by atoms with van der Waals surface area (Å²) in [6.45, 7) is 4.42. The smallest absolute Gasteiger partial charge is 0.318 e. The van der Waals surface area contributed by atoms with E-state index in [4.69, 9.17) is 4.42 Å². The number of rotatable bonds is 5. The molecule has 114 valence electrons. The van der Waals surface area contributed by atoms with E-state index in [1.165, 1.54) is 0 Å². The van der Waals surface area contributed by atoms with Crippen molar-refractivity contribution in [2.45, 2.75) is 44.6 Å². The summed E-state index contributed by atoms with van der Waals surface area (Å²) >= 11 is 0. The Kier molecular flexibility index (Phi) is 4.99. The summed E-state index contributed by atoms with van der Waals surface area (Å²) in [7, 11) is 3.99. The number of aryl methyl sites for hydroxylation is 1. The number of hydrogen-bond acceptors (Lipinski definition) is 6. The molecule has 1 saturated heterocycles. The van der Waals surface area contributed by atoms with Crippen LogP contribution in [0.15, 0.2) is 4.42 Å². The minimum Gasteiger partial charge on any atom is -0.408 e. The maximum absolute atomic E-state index is 10.6. The summed E-state index contributed by atoms with van der Waals surface area (Å²) in [6, 6.07) is 0.600. The van der Waals surface area contributed by atoms with Crippen LogP contribution in [0.25, 0.3) is 0 Å². The van der Waals surface area contributed by atoms with Gasteiger partial charge in [-0.15, -0.1) is 5.10 Å². The van der Waals surface area contributed by atoms with E-state index < -0.39 is 5.60 Å². The molecule has 0 aliphatic carbocycles. The summed E-state index contributed by atoms with van der Waals surface area (Å²) in [5.74, 6) is 0.704. The Balaban J connectivity index is 1.98. The highest BCUT2D eigenvalue weighted by Gasteiger charge is 2.31. The summed E-state index contributed by atoms with van der Waals surface area (Å²) in [5, 5.41) is 18.8. The highest BCUT2D eigenvalue weighted by Crippen LogP contribution is 2.25. The lowest BCUT2D eigenvalue weighted by Crippen LogP contribution is -2.41. The summed E-state index contributed by atoms with van der Waals surface area (Å²) < 4.78 is 5.68. The van der Waals surface area contributed by atoms with Crippen molar-refractivity contribution in [1.29, 1.82) is 0 Å². The molecule has 1 atom stereocenters. The normalized spacial score (nSPS) is 24.1. The van der Waals surface area contributed by atoms with Crippen LogP contribution in [0.1, 0.15) is 38.5 Å². The Bertz CT molecular complexity index is 421. The molecule has 6 heteroatoms. The van der Waals surface area contributed by atoms with Crippen molar-refractivity contribution in [2.24, 2.45) is 0 Å². The van der Waals surface area contributed by atoms with Crippen LogP contribution in [0, 0.1) is 0 Å². The number of anilines is 1. The molecule has 0 spiro atoms. The largest absolute Gasteiger partial charge is 0.408 e. The van der Waals surface area contributed by atoms with Crippen LogP contribution in [0.2, 0.25) is 0 Å². The van der Waals surface area contributed by atoms with Crippen molar-refractivity contribution in [3.8, 4) is 0 Å². The Morgan fingerprint density at radius 2 is 2.10 bits per heavy atom. The van der Waals surface area contributed by atoms with Crippen LogP contribution in [-0.2, 0) is 6.42 Å². The van der Waals surface area contributed by atoms with Gasteiger partial charge < -0.3 is 19.3 Å². The lowest BCUT2D eigenvalue weighted by molar-refractivity contribution is 0.00534. The van der Waals surface area contributed by atoms with E-state index in [9.17, 15) is 5.11 Å². The second-order valence-electron chi connectivity index (χ2n) is 6.03. The van der Waals surface area contributed by atoms with Crippen molar-refractivity contribution in [3.05, 3.63) is 5.89 Å². The van der Waals surface area contributed by atoms with E-state index in [1.54, 1.807) is 0 Å². The quantitative estimate of drug-likeness (QED) is 0.878. The molecule has 6 nitrogen and oxygen atoms in total. The van der Waals surface area contributed by atoms with Gasteiger partial charge in [0.1, 0.15) is 0 Å². The van der Waals surface area contributed by atoms with E-state index in [-0.39, 0.29) is 0 Å². The predicted molar refractivity (Wildman–Crippen MR) is 77.9 cm³/mol. The molecule has 1 aliphatic rings. The number of aliphatic hydroxyl groups is 1. The molecule has 0 saturated carbocycles. The first kappa shape index (κ1) is 15.3. The van der Waals surface area contributed by atoms with E-state index >= 15 is 0 Å². The molecule has 0 amide bonds. The van der Waals surface area contributed by atoms with Gasteiger partial charge in [0.15, 0.2) is 0 Å². The molecular weight excluding hydrogens is 256 g/mol. The van der Waals surface area contributed by atoms with E-state index in [1.807, 2.05) is 19.0 Å². The lowest BCUT2D eigenvalue weighted by atomic mass is 9.94. The van der Waals surface area contributed by atoms with Crippen molar-refractivity contribution in [2.75, 3.05) is 38.6 Å². The zero-order valence-electron chi connectivity index (χ0n) is 12.8. The van der Waals surface area contributed by atoms with Crippen LogP contribution in [0.4, 0.5) is 6.01 Å². The maximum Gasteiger partial charge on any atom is 0.318 e. The van der Waals surface area contributed by atoms with Crippen LogP contribution >= 0.6 is 0 Å². The van der Waals surface area contributed by atoms with E-state index in [2.05, 4.69) is 22.0 Å². The van der Waals surface area contributed by atoms with Gasteiger partial charge in [-0.25, -0.2) is 0 Å². The van der Waals surface area contributed by atoms with Gasteiger partial charge in [0, 0.05) is 26.1 Å². The van der Waals surface area contributed by atoms with Crippen molar-refractivity contribution >= 4 is 6.01 Å². The van der Waals surface area contributed by atoms with Gasteiger partial charge >= 0.3 is 6.01 Å². The van der Waals surface area contributed by atoms with Crippen LogP contribution in [0.3, 0.4) is 0 Å². The topological polar surface area (TPSA) is 65.6 Å². The molecule has 1 aliphatic heterocycles. The van der Waals surface area contributed by atoms with E-state index in [0.717, 1.165) is 45.2 Å². The average molecular weight is 282 g/mol. The fourth-order valence-electron chi connectivity index (χ4n) is 2.80. The highest BCUT2D eigenvalue weighted by atomic mass is 16.4. The first-order valence-electron chi connectivity index (χ1n) is 7.47. The lowest BCUT2D eigenvalue weighted by Gasteiger charge is -2.29. The Morgan fingerprint density at radius 3 is 2.80 bits per heavy atom. The number of likely N-dealkylation sites (N-methyl/N-ethyl adjacent to an activating group) is 1. The van der Waals surface area contributed by atoms with Crippen molar-refractivity contribution < 1.29 is 9.52 Å². The molecule has 1 fully saturated rings. The molecule has 0 bridgehead atoms. The fraction of sp³-hybridized carbons (Fsp3) is 0.857. The van der Waals surface area contributed by atoms with Crippen molar-refractivity contribution in [1.82, 2.24) is 15.1 Å². The van der Waals surface area contributed by atoms with Gasteiger partial charge in [-0.2, -0.15) is 0 Å².